The second-order valence-electron chi connectivity index (χ2n) is 3.82. The van der Waals surface area contributed by atoms with E-state index in [9.17, 15) is 34.7 Å². The fourth-order valence-corrected chi connectivity index (χ4v) is 2.14. The van der Waals surface area contributed by atoms with Crippen LogP contribution in [0.15, 0.2) is 58.3 Å². The molecule has 0 N–H and O–H groups in total. The third-order valence-corrected chi connectivity index (χ3v) is 3.90. The third-order valence-electron chi connectivity index (χ3n) is 2.20. The van der Waals surface area contributed by atoms with E-state index < -0.39 is 41.7 Å². The summed E-state index contributed by atoms with van der Waals surface area (Å²) in [6.07, 6.45) is 0. The Morgan fingerprint density at radius 2 is 0.826 bits per heavy atom. The molecule has 120 valence electrons. The van der Waals surface area contributed by atoms with Gasteiger partial charge in [0.2, 0.25) is 0 Å². The molecule has 0 unspecified atom stereocenters. The molecule has 0 amide bonds. The Morgan fingerprint density at radius 3 is 1.00 bits per heavy atom. The van der Waals surface area contributed by atoms with Crippen LogP contribution in [0.3, 0.4) is 0 Å². The summed E-state index contributed by atoms with van der Waals surface area (Å²) in [5.74, 6) is -1.14. The first-order valence-corrected chi connectivity index (χ1v) is 8.25. The molecule has 0 aliphatic heterocycles. The Bertz CT molecular complexity index is 761. The Morgan fingerprint density at radius 1 is 0.609 bits per heavy atom. The van der Waals surface area contributed by atoms with Crippen LogP contribution in [0.2, 0.25) is 0 Å². The fourth-order valence-electron chi connectivity index (χ4n) is 1.20. The van der Waals surface area contributed by atoms with Crippen LogP contribution in [0, 0.1) is 11.6 Å². The van der Waals surface area contributed by atoms with E-state index in [-0.39, 0.29) is 27.7 Å². The van der Waals surface area contributed by atoms with Crippen molar-refractivity contribution in [1.29, 1.82) is 0 Å². The summed E-state index contributed by atoms with van der Waals surface area (Å²) in [5, 5.41) is 0. The number of rotatable bonds is 2. The van der Waals surface area contributed by atoms with E-state index >= 15 is 0 Å². The monoisotopic (exact) mass is 552 g/mol. The van der Waals surface area contributed by atoms with Crippen molar-refractivity contribution in [1.82, 2.24) is 0 Å². The van der Waals surface area contributed by atoms with Crippen LogP contribution in [0.4, 0.5) is 8.78 Å². The molecule has 0 fully saturated rings. The molecule has 2 aromatic rings. The normalized spacial score (nSPS) is 11.0. The summed E-state index contributed by atoms with van der Waals surface area (Å²) in [4.78, 5) is -0.835. The molecule has 0 aliphatic carbocycles. The summed E-state index contributed by atoms with van der Waals surface area (Å²) in [6.45, 7) is 0. The number of hydrogen-bond acceptors (Lipinski definition) is 6. The number of halogens is 2. The molecular weight excluding hydrogens is 543 g/mol. The van der Waals surface area contributed by atoms with E-state index in [2.05, 4.69) is 0 Å². The first kappa shape index (κ1) is 22.1. The van der Waals surface area contributed by atoms with Gasteiger partial charge in [0.05, 0.1) is 9.79 Å². The van der Waals surface area contributed by atoms with E-state index in [0.717, 1.165) is 48.5 Å². The maximum absolute atomic E-state index is 12.2. The first-order chi connectivity index (χ1) is 10.00. The van der Waals surface area contributed by atoms with Crippen molar-refractivity contribution >= 4 is 20.2 Å². The minimum Gasteiger partial charge on any atom is -0.744 e. The van der Waals surface area contributed by atoms with Gasteiger partial charge in [-0.15, -0.1) is 0 Å². The Balaban J connectivity index is 0.000000403. The van der Waals surface area contributed by atoms with E-state index in [1.807, 2.05) is 0 Å². The largest absolute Gasteiger partial charge is 2.00 e. The van der Waals surface area contributed by atoms with Crippen LogP contribution in [0.25, 0.3) is 0 Å². The van der Waals surface area contributed by atoms with Gasteiger partial charge in [0.15, 0.2) is 0 Å². The Kier molecular flexibility index (Phi) is 8.42. The molecule has 2 rings (SSSR count). The van der Waals surface area contributed by atoms with Gasteiger partial charge < -0.3 is 9.11 Å². The SMILES string of the molecule is O=S(=O)([O-])c1ccc(F)cc1.O=S(=O)([O-])c1ccc(F)cc1.[Hg+2]. The van der Waals surface area contributed by atoms with Crippen LogP contribution < -0.4 is 0 Å². The molecule has 0 aromatic heterocycles. The molecular formula is C12H8F2HgO6S2. The molecule has 0 atom stereocenters. The van der Waals surface area contributed by atoms with Gasteiger partial charge in [-0.1, -0.05) is 0 Å². The molecule has 0 saturated carbocycles. The van der Waals surface area contributed by atoms with Crippen LogP contribution in [0.1, 0.15) is 0 Å². The Labute approximate surface area is 152 Å². The molecule has 2 aromatic carbocycles. The molecule has 0 saturated heterocycles. The fraction of sp³-hybridized carbons (Fsp3) is 0. The van der Waals surface area contributed by atoms with Crippen molar-refractivity contribution in [2.24, 2.45) is 0 Å². The molecule has 23 heavy (non-hydrogen) atoms. The van der Waals surface area contributed by atoms with Gasteiger partial charge >= 0.3 is 27.7 Å². The summed E-state index contributed by atoms with van der Waals surface area (Å²) >= 11 is 0. The second-order valence-corrected chi connectivity index (χ2v) is 6.58. The zero-order chi connectivity index (χ0) is 17.0. The zero-order valence-corrected chi connectivity index (χ0v) is 18.5. The minimum absolute atomic E-state index is 0. The van der Waals surface area contributed by atoms with Crippen LogP contribution in [-0.2, 0) is 47.9 Å². The number of hydrogen-bond donors (Lipinski definition) is 0. The minimum atomic E-state index is -4.44. The van der Waals surface area contributed by atoms with Crippen molar-refractivity contribution in [2.45, 2.75) is 9.79 Å². The van der Waals surface area contributed by atoms with Crippen LogP contribution in [-0.4, -0.2) is 25.9 Å². The van der Waals surface area contributed by atoms with Gasteiger partial charge in [-0.2, -0.15) is 0 Å². The Hall–Kier alpha value is -0.945. The number of benzene rings is 2. The summed E-state index contributed by atoms with van der Waals surface area (Å²) in [5.41, 5.74) is 0. The third kappa shape index (κ3) is 7.93. The van der Waals surface area contributed by atoms with Crippen molar-refractivity contribution in [2.75, 3.05) is 0 Å². The van der Waals surface area contributed by atoms with Gasteiger partial charge in [0.1, 0.15) is 31.9 Å². The summed E-state index contributed by atoms with van der Waals surface area (Å²) in [6, 6.07) is 7.40. The predicted octanol–water partition coefficient (Wildman–Crippen LogP) is 1.46. The van der Waals surface area contributed by atoms with Crippen molar-refractivity contribution < 1.29 is 62.4 Å². The van der Waals surface area contributed by atoms with E-state index in [4.69, 9.17) is 0 Å². The molecule has 0 aliphatic rings. The second kappa shape index (κ2) is 8.78. The van der Waals surface area contributed by atoms with Crippen LogP contribution in [0.5, 0.6) is 0 Å². The topological polar surface area (TPSA) is 114 Å². The zero-order valence-electron chi connectivity index (χ0n) is 11.3. The van der Waals surface area contributed by atoms with E-state index in [1.165, 1.54) is 0 Å². The summed E-state index contributed by atoms with van der Waals surface area (Å²) in [7, 11) is -8.87. The van der Waals surface area contributed by atoms with Crippen molar-refractivity contribution in [3.63, 3.8) is 0 Å². The van der Waals surface area contributed by atoms with Gasteiger partial charge in [0.25, 0.3) is 0 Å². The molecule has 0 radical (unpaired) electrons. The average molecular weight is 551 g/mol. The predicted molar refractivity (Wildman–Crippen MR) is 68.7 cm³/mol. The standard InChI is InChI=1S/2C6H5FO3S.Hg/c2*7-5-1-3-6(4-2-5)11(8,9)10;/h2*1-4H,(H,8,9,10);/q;;+2/p-2. The van der Waals surface area contributed by atoms with Gasteiger partial charge in [0, 0.05) is 0 Å². The maximum atomic E-state index is 12.2. The van der Waals surface area contributed by atoms with Gasteiger partial charge in [-0.25, -0.2) is 25.6 Å². The van der Waals surface area contributed by atoms with Gasteiger partial charge in [-0.05, 0) is 48.5 Å². The molecule has 11 heteroatoms. The van der Waals surface area contributed by atoms with Crippen LogP contribution >= 0.6 is 0 Å². The van der Waals surface area contributed by atoms with Crippen molar-refractivity contribution in [3.05, 3.63) is 60.2 Å². The van der Waals surface area contributed by atoms with E-state index in [0.29, 0.717) is 0 Å². The maximum Gasteiger partial charge on any atom is 2.00 e. The molecule has 0 spiro atoms. The summed E-state index contributed by atoms with van der Waals surface area (Å²) < 4.78 is 86.0. The quantitative estimate of drug-likeness (QED) is 0.413. The smallest absolute Gasteiger partial charge is 0.744 e. The first-order valence-electron chi connectivity index (χ1n) is 5.43. The molecule has 6 nitrogen and oxygen atoms in total. The van der Waals surface area contributed by atoms with E-state index in [1.54, 1.807) is 0 Å². The average Bonchev–Trinajstić information content (AvgIpc) is 2.38. The molecule has 0 bridgehead atoms. The van der Waals surface area contributed by atoms with Gasteiger partial charge in [-0.3, -0.25) is 0 Å². The van der Waals surface area contributed by atoms with Crippen molar-refractivity contribution in [3.8, 4) is 0 Å². The molecule has 0 heterocycles.